The predicted molar refractivity (Wildman–Crippen MR) is 93.1 cm³/mol. The van der Waals surface area contributed by atoms with Crippen molar-refractivity contribution in [3.8, 4) is 0 Å². The Kier molecular flexibility index (Phi) is 4.57. The Morgan fingerprint density at radius 2 is 1.83 bits per heavy atom. The lowest BCUT2D eigenvalue weighted by atomic mass is 10.2. The summed E-state index contributed by atoms with van der Waals surface area (Å²) in [5.74, 6) is -0.264. The van der Waals surface area contributed by atoms with Crippen LogP contribution in [0.25, 0.3) is 17.0 Å². The van der Waals surface area contributed by atoms with E-state index in [0.29, 0.717) is 6.61 Å². The van der Waals surface area contributed by atoms with Crippen LogP contribution in [0.1, 0.15) is 18.2 Å². The first-order valence-electron chi connectivity index (χ1n) is 7.66. The zero-order chi connectivity index (χ0) is 16.1. The fourth-order valence-electron chi connectivity index (χ4n) is 2.65. The van der Waals surface area contributed by atoms with Gasteiger partial charge in [0, 0.05) is 30.1 Å². The Balaban J connectivity index is 1.93. The molecule has 0 bridgehead atoms. The molecule has 0 radical (unpaired) electrons. The third-order valence-electron chi connectivity index (χ3n) is 3.70. The first kappa shape index (κ1) is 15.1. The summed E-state index contributed by atoms with van der Waals surface area (Å²) in [6, 6.07) is 20.9. The van der Waals surface area contributed by atoms with E-state index in [9.17, 15) is 4.79 Å². The van der Waals surface area contributed by atoms with E-state index >= 15 is 0 Å². The van der Waals surface area contributed by atoms with E-state index in [0.717, 1.165) is 12.2 Å². The van der Waals surface area contributed by atoms with Gasteiger partial charge in [-0.2, -0.15) is 0 Å². The molecule has 1 aromatic heterocycles. The number of para-hydroxylation sites is 1. The summed E-state index contributed by atoms with van der Waals surface area (Å²) in [4.78, 5) is 10.8. The van der Waals surface area contributed by atoms with Crippen LogP contribution in [-0.2, 0) is 16.1 Å². The van der Waals surface area contributed by atoms with Crippen LogP contribution in [0.5, 0.6) is 0 Å². The summed E-state index contributed by atoms with van der Waals surface area (Å²) in [5, 5.41) is 1.20. The molecule has 0 spiro atoms. The molecule has 116 valence electrons. The number of nitrogens with zero attached hydrogens (tertiary/aromatic N) is 1. The Labute approximate surface area is 135 Å². The van der Waals surface area contributed by atoms with Crippen molar-refractivity contribution >= 4 is 22.9 Å². The number of aromatic nitrogens is 1. The van der Waals surface area contributed by atoms with Crippen LogP contribution in [0.4, 0.5) is 0 Å². The van der Waals surface area contributed by atoms with Gasteiger partial charge in [-0.1, -0.05) is 48.5 Å². The Morgan fingerprint density at radius 3 is 2.61 bits per heavy atom. The summed E-state index contributed by atoms with van der Waals surface area (Å²) in [7, 11) is 0. The fraction of sp³-hybridized carbons (Fsp3) is 0.150. The fourth-order valence-corrected chi connectivity index (χ4v) is 2.65. The topological polar surface area (TPSA) is 31.2 Å². The minimum absolute atomic E-state index is 0.264. The minimum Gasteiger partial charge on any atom is -0.462 e. The van der Waals surface area contributed by atoms with Crippen LogP contribution < -0.4 is 0 Å². The first-order valence-corrected chi connectivity index (χ1v) is 7.66. The lowest BCUT2D eigenvalue weighted by Crippen LogP contribution is -2.02. The van der Waals surface area contributed by atoms with E-state index in [-0.39, 0.29) is 5.97 Å². The van der Waals surface area contributed by atoms with E-state index < -0.39 is 0 Å². The monoisotopic (exact) mass is 305 g/mol. The van der Waals surface area contributed by atoms with Crippen molar-refractivity contribution in [2.75, 3.05) is 6.61 Å². The number of hydrogen-bond acceptors (Lipinski definition) is 2. The second-order valence-corrected chi connectivity index (χ2v) is 5.40. The van der Waals surface area contributed by atoms with Crippen LogP contribution in [0.15, 0.2) is 66.7 Å². The number of hydrogen-bond donors (Lipinski definition) is 0. The first-order chi connectivity index (χ1) is 11.2. The normalized spacial score (nSPS) is 11.2. The SMILES string of the molecule is CC(=O)OC/C=C/c1cc2ccccc2n1Cc1ccccc1. The lowest BCUT2D eigenvalue weighted by Gasteiger charge is -2.09. The van der Waals surface area contributed by atoms with Crippen molar-refractivity contribution in [3.05, 3.63) is 78.0 Å². The van der Waals surface area contributed by atoms with Gasteiger partial charge in [0.15, 0.2) is 0 Å². The molecular formula is C20H19NO2. The summed E-state index contributed by atoms with van der Waals surface area (Å²) in [6.45, 7) is 2.52. The van der Waals surface area contributed by atoms with Crippen molar-refractivity contribution in [1.82, 2.24) is 4.57 Å². The average molecular weight is 305 g/mol. The standard InChI is InChI=1S/C20H19NO2/c1-16(22)23-13-7-11-19-14-18-10-5-6-12-20(18)21(19)15-17-8-3-2-4-9-17/h2-12,14H,13,15H2,1H3/b11-7+. The Morgan fingerprint density at radius 1 is 1.09 bits per heavy atom. The van der Waals surface area contributed by atoms with Crippen LogP contribution in [0.3, 0.4) is 0 Å². The van der Waals surface area contributed by atoms with Gasteiger partial charge < -0.3 is 9.30 Å². The zero-order valence-electron chi connectivity index (χ0n) is 13.1. The van der Waals surface area contributed by atoms with Crippen LogP contribution in [-0.4, -0.2) is 17.1 Å². The molecular weight excluding hydrogens is 286 g/mol. The number of benzene rings is 2. The number of rotatable bonds is 5. The number of esters is 1. The molecule has 3 heteroatoms. The summed E-state index contributed by atoms with van der Waals surface area (Å²) in [6.07, 6.45) is 3.88. The average Bonchev–Trinajstić information content (AvgIpc) is 2.90. The maximum Gasteiger partial charge on any atom is 0.302 e. The highest BCUT2D eigenvalue weighted by Crippen LogP contribution is 2.22. The quantitative estimate of drug-likeness (QED) is 0.659. The molecule has 0 fully saturated rings. The van der Waals surface area contributed by atoms with Crippen molar-refractivity contribution in [2.45, 2.75) is 13.5 Å². The molecule has 0 amide bonds. The highest BCUT2D eigenvalue weighted by molar-refractivity contribution is 5.83. The van der Waals surface area contributed by atoms with E-state index in [1.807, 2.05) is 24.3 Å². The van der Waals surface area contributed by atoms with Gasteiger partial charge in [0.05, 0.1) is 0 Å². The zero-order valence-corrected chi connectivity index (χ0v) is 13.1. The van der Waals surface area contributed by atoms with E-state index in [1.54, 1.807) is 0 Å². The summed E-state index contributed by atoms with van der Waals surface area (Å²) in [5.41, 5.74) is 3.55. The van der Waals surface area contributed by atoms with Crippen molar-refractivity contribution in [3.63, 3.8) is 0 Å². The molecule has 3 rings (SSSR count). The van der Waals surface area contributed by atoms with Crippen LogP contribution >= 0.6 is 0 Å². The van der Waals surface area contributed by atoms with Crippen molar-refractivity contribution < 1.29 is 9.53 Å². The minimum atomic E-state index is -0.264. The van der Waals surface area contributed by atoms with Crippen LogP contribution in [0.2, 0.25) is 0 Å². The molecule has 3 nitrogen and oxygen atoms in total. The molecule has 1 heterocycles. The van der Waals surface area contributed by atoms with Crippen LogP contribution in [0, 0.1) is 0 Å². The van der Waals surface area contributed by atoms with Gasteiger partial charge in [-0.25, -0.2) is 0 Å². The van der Waals surface area contributed by atoms with E-state index in [4.69, 9.17) is 4.74 Å². The second kappa shape index (κ2) is 6.97. The van der Waals surface area contributed by atoms with Gasteiger partial charge in [-0.05, 0) is 29.8 Å². The molecule has 0 aliphatic heterocycles. The van der Waals surface area contributed by atoms with Gasteiger partial charge in [-0.15, -0.1) is 0 Å². The summed E-state index contributed by atoms with van der Waals surface area (Å²) < 4.78 is 7.23. The molecule has 0 aliphatic carbocycles. The van der Waals surface area contributed by atoms with Gasteiger partial charge >= 0.3 is 5.97 Å². The third kappa shape index (κ3) is 3.69. The molecule has 0 aliphatic rings. The molecule has 0 atom stereocenters. The smallest absolute Gasteiger partial charge is 0.302 e. The number of carbonyl (C=O) groups excluding carboxylic acids is 1. The molecule has 23 heavy (non-hydrogen) atoms. The molecule has 0 N–H and O–H groups in total. The lowest BCUT2D eigenvalue weighted by molar-refractivity contribution is -0.139. The van der Waals surface area contributed by atoms with Gasteiger partial charge in [0.25, 0.3) is 0 Å². The highest BCUT2D eigenvalue weighted by atomic mass is 16.5. The maximum absolute atomic E-state index is 10.8. The van der Waals surface area contributed by atoms with Crippen molar-refractivity contribution in [2.24, 2.45) is 0 Å². The molecule has 0 saturated carbocycles. The predicted octanol–water partition coefficient (Wildman–Crippen LogP) is 4.27. The Hall–Kier alpha value is -2.81. The molecule has 2 aromatic carbocycles. The third-order valence-corrected chi connectivity index (χ3v) is 3.70. The molecule has 0 saturated heterocycles. The Bertz CT molecular complexity index is 831. The number of carbonyl (C=O) groups is 1. The maximum atomic E-state index is 10.8. The highest BCUT2D eigenvalue weighted by Gasteiger charge is 2.06. The number of fused-ring (bicyclic) bond motifs is 1. The van der Waals surface area contributed by atoms with Crippen molar-refractivity contribution in [1.29, 1.82) is 0 Å². The second-order valence-electron chi connectivity index (χ2n) is 5.40. The van der Waals surface area contributed by atoms with Gasteiger partial charge in [0.2, 0.25) is 0 Å². The summed E-state index contributed by atoms with van der Waals surface area (Å²) >= 11 is 0. The van der Waals surface area contributed by atoms with E-state index in [1.165, 1.54) is 23.4 Å². The van der Waals surface area contributed by atoms with Gasteiger partial charge in [0.1, 0.15) is 6.61 Å². The largest absolute Gasteiger partial charge is 0.462 e. The van der Waals surface area contributed by atoms with E-state index in [2.05, 4.69) is 53.1 Å². The van der Waals surface area contributed by atoms with Gasteiger partial charge in [-0.3, -0.25) is 4.79 Å². The molecule has 3 aromatic rings. The number of ether oxygens (including phenoxy) is 1. The molecule has 0 unspecified atom stereocenters.